The minimum Gasteiger partial charge on any atom is -0.241 e. The first-order chi connectivity index (χ1) is 10.2. The molecule has 106 valence electrons. The predicted octanol–water partition coefficient (Wildman–Crippen LogP) is 5.19. The zero-order valence-electron chi connectivity index (χ0n) is 12.5. The number of rotatable bonds is 4. The molecule has 3 rings (SSSR count). The van der Waals surface area contributed by atoms with Crippen LogP contribution in [0.1, 0.15) is 16.7 Å². The van der Waals surface area contributed by atoms with E-state index in [1.807, 2.05) is 11.8 Å². The van der Waals surface area contributed by atoms with E-state index in [0.29, 0.717) is 0 Å². The normalized spacial score (nSPS) is 11.0. The van der Waals surface area contributed by atoms with Crippen LogP contribution in [0.15, 0.2) is 59.6 Å². The van der Waals surface area contributed by atoms with E-state index in [1.54, 1.807) is 0 Å². The molecule has 0 fully saturated rings. The summed E-state index contributed by atoms with van der Waals surface area (Å²) in [6, 6.07) is 19.2. The molecule has 0 spiro atoms. The van der Waals surface area contributed by atoms with Crippen molar-refractivity contribution in [2.75, 3.05) is 5.75 Å². The van der Waals surface area contributed by atoms with Crippen molar-refractivity contribution in [3.63, 3.8) is 0 Å². The van der Waals surface area contributed by atoms with Gasteiger partial charge in [-0.05, 0) is 43.0 Å². The fourth-order valence-electron chi connectivity index (χ4n) is 2.52. The van der Waals surface area contributed by atoms with Crippen LogP contribution >= 0.6 is 11.8 Å². The molecule has 0 aliphatic carbocycles. The van der Waals surface area contributed by atoms with Crippen LogP contribution < -0.4 is 0 Å². The van der Waals surface area contributed by atoms with Crippen molar-refractivity contribution in [1.82, 2.24) is 4.98 Å². The molecule has 0 N–H and O–H groups in total. The lowest BCUT2D eigenvalue weighted by molar-refractivity contribution is 1.12. The minimum absolute atomic E-state index is 1.06. The SMILES string of the molecule is Cc1cc(SCCc2ccccc2)nc2c(C)cccc12. The maximum atomic E-state index is 4.83. The second-order valence-electron chi connectivity index (χ2n) is 5.33. The molecule has 2 aromatic carbocycles. The van der Waals surface area contributed by atoms with Crippen LogP contribution in [0.4, 0.5) is 0 Å². The Labute approximate surface area is 130 Å². The smallest absolute Gasteiger partial charge is 0.0970 e. The van der Waals surface area contributed by atoms with Gasteiger partial charge in [0.25, 0.3) is 0 Å². The standard InChI is InChI=1S/C19H19NS/c1-14-7-6-10-17-15(2)13-18(20-19(14)17)21-12-11-16-8-4-3-5-9-16/h3-10,13H,11-12H2,1-2H3. The van der Waals surface area contributed by atoms with Crippen molar-refractivity contribution in [2.24, 2.45) is 0 Å². The van der Waals surface area contributed by atoms with Crippen LogP contribution in [0.2, 0.25) is 0 Å². The summed E-state index contributed by atoms with van der Waals surface area (Å²) in [5.74, 6) is 1.06. The third-order valence-corrected chi connectivity index (χ3v) is 4.62. The number of benzene rings is 2. The Kier molecular flexibility index (Phi) is 4.26. The molecule has 3 aromatic rings. The lowest BCUT2D eigenvalue weighted by Crippen LogP contribution is -1.92. The zero-order chi connectivity index (χ0) is 14.7. The summed E-state index contributed by atoms with van der Waals surface area (Å²) in [4.78, 5) is 4.83. The van der Waals surface area contributed by atoms with Gasteiger partial charge in [-0.1, -0.05) is 48.5 Å². The van der Waals surface area contributed by atoms with E-state index >= 15 is 0 Å². The molecular formula is C19H19NS. The number of nitrogens with zero attached hydrogens (tertiary/aromatic N) is 1. The van der Waals surface area contributed by atoms with E-state index in [-0.39, 0.29) is 0 Å². The van der Waals surface area contributed by atoms with Gasteiger partial charge in [0.05, 0.1) is 10.5 Å². The first-order valence-corrected chi connectivity index (χ1v) is 8.26. The van der Waals surface area contributed by atoms with Crippen LogP contribution in [-0.2, 0) is 6.42 Å². The Bertz CT molecular complexity index is 750. The summed E-state index contributed by atoms with van der Waals surface area (Å²) < 4.78 is 0. The van der Waals surface area contributed by atoms with Crippen molar-refractivity contribution in [3.8, 4) is 0 Å². The molecular weight excluding hydrogens is 274 g/mol. The van der Waals surface area contributed by atoms with Crippen LogP contribution in [0, 0.1) is 13.8 Å². The first kappa shape index (κ1) is 14.2. The Hall–Kier alpha value is -1.80. The number of aromatic nitrogens is 1. The number of hydrogen-bond acceptors (Lipinski definition) is 2. The number of pyridine rings is 1. The van der Waals surface area contributed by atoms with E-state index < -0.39 is 0 Å². The highest BCUT2D eigenvalue weighted by atomic mass is 32.2. The lowest BCUT2D eigenvalue weighted by Gasteiger charge is -2.08. The molecule has 0 saturated carbocycles. The van der Waals surface area contributed by atoms with Gasteiger partial charge in [0.15, 0.2) is 0 Å². The van der Waals surface area contributed by atoms with E-state index in [4.69, 9.17) is 4.98 Å². The Morgan fingerprint density at radius 1 is 0.905 bits per heavy atom. The van der Waals surface area contributed by atoms with Gasteiger partial charge in [-0.3, -0.25) is 0 Å². The molecule has 2 heteroatoms. The Balaban J connectivity index is 1.77. The van der Waals surface area contributed by atoms with E-state index in [0.717, 1.165) is 22.7 Å². The largest absolute Gasteiger partial charge is 0.241 e. The van der Waals surface area contributed by atoms with E-state index in [9.17, 15) is 0 Å². The summed E-state index contributed by atoms with van der Waals surface area (Å²) in [5.41, 5.74) is 5.09. The fourth-order valence-corrected chi connectivity index (χ4v) is 3.49. The van der Waals surface area contributed by atoms with Crippen molar-refractivity contribution < 1.29 is 0 Å². The monoisotopic (exact) mass is 293 g/mol. The zero-order valence-corrected chi connectivity index (χ0v) is 13.3. The molecule has 0 aliphatic rings. The van der Waals surface area contributed by atoms with Crippen molar-refractivity contribution >= 4 is 22.7 Å². The topological polar surface area (TPSA) is 12.9 Å². The number of fused-ring (bicyclic) bond motifs is 1. The van der Waals surface area contributed by atoms with Gasteiger partial charge in [0, 0.05) is 11.1 Å². The summed E-state index contributed by atoms with van der Waals surface area (Å²) in [6.07, 6.45) is 1.08. The fraction of sp³-hybridized carbons (Fsp3) is 0.211. The molecule has 21 heavy (non-hydrogen) atoms. The molecule has 0 radical (unpaired) electrons. The Morgan fingerprint density at radius 3 is 2.52 bits per heavy atom. The van der Waals surface area contributed by atoms with E-state index in [2.05, 4.69) is 68.4 Å². The molecule has 0 bridgehead atoms. The average molecular weight is 293 g/mol. The molecule has 0 atom stereocenters. The van der Waals surface area contributed by atoms with Crippen LogP contribution in [0.25, 0.3) is 10.9 Å². The maximum absolute atomic E-state index is 4.83. The summed E-state index contributed by atoms with van der Waals surface area (Å²) in [5, 5.41) is 2.40. The number of para-hydroxylation sites is 1. The second-order valence-corrected chi connectivity index (χ2v) is 6.45. The van der Waals surface area contributed by atoms with Crippen molar-refractivity contribution in [1.29, 1.82) is 0 Å². The van der Waals surface area contributed by atoms with Gasteiger partial charge >= 0.3 is 0 Å². The summed E-state index contributed by atoms with van der Waals surface area (Å²) in [7, 11) is 0. The average Bonchev–Trinajstić information content (AvgIpc) is 2.50. The summed E-state index contributed by atoms with van der Waals surface area (Å²) >= 11 is 1.84. The molecule has 1 nitrogen and oxygen atoms in total. The van der Waals surface area contributed by atoms with Crippen LogP contribution in [-0.4, -0.2) is 10.7 Å². The highest BCUT2D eigenvalue weighted by molar-refractivity contribution is 7.99. The van der Waals surface area contributed by atoms with Gasteiger partial charge in [0.1, 0.15) is 0 Å². The first-order valence-electron chi connectivity index (χ1n) is 7.28. The number of aryl methyl sites for hydroxylation is 3. The van der Waals surface area contributed by atoms with Gasteiger partial charge in [-0.15, -0.1) is 11.8 Å². The maximum Gasteiger partial charge on any atom is 0.0970 e. The highest BCUT2D eigenvalue weighted by Crippen LogP contribution is 2.26. The molecule has 0 amide bonds. The predicted molar refractivity (Wildman–Crippen MR) is 92.1 cm³/mol. The second kappa shape index (κ2) is 6.31. The van der Waals surface area contributed by atoms with Gasteiger partial charge < -0.3 is 0 Å². The quantitative estimate of drug-likeness (QED) is 0.614. The molecule has 1 aromatic heterocycles. The highest BCUT2D eigenvalue weighted by Gasteiger charge is 2.05. The van der Waals surface area contributed by atoms with Crippen LogP contribution in [0.5, 0.6) is 0 Å². The number of thioether (sulfide) groups is 1. The van der Waals surface area contributed by atoms with Gasteiger partial charge in [-0.2, -0.15) is 0 Å². The van der Waals surface area contributed by atoms with Gasteiger partial charge in [0.2, 0.25) is 0 Å². The lowest BCUT2D eigenvalue weighted by atomic mass is 10.1. The third kappa shape index (κ3) is 3.27. The van der Waals surface area contributed by atoms with Crippen molar-refractivity contribution in [2.45, 2.75) is 25.3 Å². The number of hydrogen-bond donors (Lipinski definition) is 0. The third-order valence-electron chi connectivity index (χ3n) is 3.71. The summed E-state index contributed by atoms with van der Waals surface area (Å²) in [6.45, 7) is 4.30. The van der Waals surface area contributed by atoms with Gasteiger partial charge in [-0.25, -0.2) is 4.98 Å². The minimum atomic E-state index is 1.06. The van der Waals surface area contributed by atoms with Crippen LogP contribution in [0.3, 0.4) is 0 Å². The molecule has 0 saturated heterocycles. The molecule has 0 aliphatic heterocycles. The van der Waals surface area contributed by atoms with E-state index in [1.165, 1.54) is 22.1 Å². The Morgan fingerprint density at radius 2 is 1.71 bits per heavy atom. The van der Waals surface area contributed by atoms with Crippen molar-refractivity contribution in [3.05, 3.63) is 71.3 Å². The molecule has 1 heterocycles. The molecule has 0 unspecified atom stereocenters.